The predicted octanol–water partition coefficient (Wildman–Crippen LogP) is 3.71. The van der Waals surface area contributed by atoms with Gasteiger partial charge in [0.05, 0.1) is 19.6 Å². The molecular formula is C15H17BrO4. The van der Waals surface area contributed by atoms with Crippen LogP contribution in [0.3, 0.4) is 0 Å². The molecule has 0 amide bonds. The maximum Gasteiger partial charge on any atom is 0.308 e. The lowest BCUT2D eigenvalue weighted by molar-refractivity contribution is -0.144. The molecule has 0 aliphatic rings. The van der Waals surface area contributed by atoms with Crippen LogP contribution in [0.15, 0.2) is 33.2 Å². The molecule has 0 radical (unpaired) electrons. The minimum Gasteiger partial charge on any atom is -0.465 e. The van der Waals surface area contributed by atoms with Crippen LogP contribution < -0.4 is 0 Å². The van der Waals surface area contributed by atoms with Crippen LogP contribution >= 0.6 is 15.9 Å². The molecule has 0 unspecified atom stereocenters. The molecule has 1 aromatic heterocycles. The standard InChI is InChI=1S/C15H17BrO4/c1-2-18-7-6-15(17)19-8-5-13-10-11-9-12(16)3-4-14(11)20-13/h3-4,9-10H,2,5-8H2,1H3. The van der Waals surface area contributed by atoms with Crippen LogP contribution in [0.2, 0.25) is 0 Å². The summed E-state index contributed by atoms with van der Waals surface area (Å²) in [6.45, 7) is 3.24. The lowest BCUT2D eigenvalue weighted by atomic mass is 10.2. The monoisotopic (exact) mass is 340 g/mol. The van der Waals surface area contributed by atoms with Gasteiger partial charge in [0.1, 0.15) is 11.3 Å². The Hall–Kier alpha value is -1.33. The van der Waals surface area contributed by atoms with Crippen molar-refractivity contribution in [1.82, 2.24) is 0 Å². The Morgan fingerprint density at radius 3 is 2.95 bits per heavy atom. The van der Waals surface area contributed by atoms with E-state index in [1.165, 1.54) is 0 Å². The van der Waals surface area contributed by atoms with Gasteiger partial charge in [0.2, 0.25) is 0 Å². The van der Waals surface area contributed by atoms with E-state index in [0.717, 1.165) is 21.2 Å². The fourth-order valence-electron chi connectivity index (χ4n) is 1.83. The zero-order chi connectivity index (χ0) is 14.4. The first-order valence-corrected chi connectivity index (χ1v) is 7.39. The van der Waals surface area contributed by atoms with Crippen molar-refractivity contribution in [3.8, 4) is 0 Å². The SMILES string of the molecule is CCOCCC(=O)OCCc1cc2cc(Br)ccc2o1. The number of ether oxygens (including phenoxy) is 2. The second-order valence-corrected chi connectivity index (χ2v) is 5.23. The highest BCUT2D eigenvalue weighted by Gasteiger charge is 2.06. The first kappa shape index (κ1) is 15.1. The lowest BCUT2D eigenvalue weighted by Gasteiger charge is -2.03. The van der Waals surface area contributed by atoms with Crippen molar-refractivity contribution in [2.75, 3.05) is 19.8 Å². The molecule has 0 saturated heterocycles. The number of esters is 1. The topological polar surface area (TPSA) is 48.7 Å². The molecule has 108 valence electrons. The fourth-order valence-corrected chi connectivity index (χ4v) is 2.21. The van der Waals surface area contributed by atoms with E-state index in [1.54, 1.807) is 0 Å². The smallest absolute Gasteiger partial charge is 0.308 e. The van der Waals surface area contributed by atoms with E-state index in [2.05, 4.69) is 15.9 Å². The van der Waals surface area contributed by atoms with E-state index >= 15 is 0 Å². The molecule has 0 saturated carbocycles. The van der Waals surface area contributed by atoms with Crippen LogP contribution in [0.1, 0.15) is 19.1 Å². The number of furan rings is 1. The van der Waals surface area contributed by atoms with Gasteiger partial charge in [-0.05, 0) is 31.2 Å². The van der Waals surface area contributed by atoms with Crippen molar-refractivity contribution >= 4 is 32.9 Å². The van der Waals surface area contributed by atoms with Crippen LogP contribution in [0.4, 0.5) is 0 Å². The van der Waals surface area contributed by atoms with E-state index in [4.69, 9.17) is 13.9 Å². The summed E-state index contributed by atoms with van der Waals surface area (Å²) in [6.07, 6.45) is 0.869. The first-order valence-electron chi connectivity index (χ1n) is 6.60. The number of benzene rings is 1. The Labute approximate surface area is 126 Å². The fraction of sp³-hybridized carbons (Fsp3) is 0.400. The maximum atomic E-state index is 11.4. The van der Waals surface area contributed by atoms with Crippen LogP contribution in [0, 0.1) is 0 Å². The van der Waals surface area contributed by atoms with E-state index in [-0.39, 0.29) is 5.97 Å². The Bertz CT molecular complexity index is 576. The average molecular weight is 341 g/mol. The summed E-state index contributed by atoms with van der Waals surface area (Å²) in [7, 11) is 0. The number of carbonyl (C=O) groups is 1. The molecule has 2 rings (SSSR count). The third kappa shape index (κ3) is 4.35. The van der Waals surface area contributed by atoms with E-state index in [9.17, 15) is 4.79 Å². The quantitative estimate of drug-likeness (QED) is 0.569. The Morgan fingerprint density at radius 2 is 2.15 bits per heavy atom. The summed E-state index contributed by atoms with van der Waals surface area (Å²) in [5.74, 6) is 0.577. The van der Waals surface area contributed by atoms with Crippen molar-refractivity contribution in [2.24, 2.45) is 0 Å². The van der Waals surface area contributed by atoms with Gasteiger partial charge < -0.3 is 13.9 Å². The lowest BCUT2D eigenvalue weighted by Crippen LogP contribution is -2.10. The zero-order valence-electron chi connectivity index (χ0n) is 11.4. The summed E-state index contributed by atoms with van der Waals surface area (Å²) in [6, 6.07) is 7.81. The average Bonchev–Trinajstić information content (AvgIpc) is 2.81. The molecule has 2 aromatic rings. The van der Waals surface area contributed by atoms with Gasteiger partial charge in [-0.25, -0.2) is 0 Å². The molecule has 0 N–H and O–H groups in total. The summed E-state index contributed by atoms with van der Waals surface area (Å²) < 4.78 is 16.9. The van der Waals surface area contributed by atoms with E-state index < -0.39 is 0 Å². The molecule has 1 heterocycles. The molecule has 0 atom stereocenters. The number of rotatable bonds is 7. The second-order valence-electron chi connectivity index (χ2n) is 4.31. The number of carbonyl (C=O) groups excluding carboxylic acids is 1. The first-order chi connectivity index (χ1) is 9.69. The number of hydrogen-bond donors (Lipinski definition) is 0. The predicted molar refractivity (Wildman–Crippen MR) is 79.7 cm³/mol. The van der Waals surface area contributed by atoms with Crippen LogP contribution in [-0.2, 0) is 20.7 Å². The molecular weight excluding hydrogens is 324 g/mol. The maximum absolute atomic E-state index is 11.4. The third-order valence-corrected chi connectivity index (χ3v) is 3.29. The van der Waals surface area contributed by atoms with Crippen LogP contribution in [-0.4, -0.2) is 25.8 Å². The molecule has 0 aliphatic carbocycles. The minimum absolute atomic E-state index is 0.239. The molecule has 20 heavy (non-hydrogen) atoms. The molecule has 1 aromatic carbocycles. The molecule has 5 heteroatoms. The van der Waals surface area contributed by atoms with Crippen LogP contribution in [0.5, 0.6) is 0 Å². The van der Waals surface area contributed by atoms with Gasteiger partial charge in [-0.3, -0.25) is 4.79 Å². The molecule has 0 bridgehead atoms. The summed E-state index contributed by atoms with van der Waals surface area (Å²) in [4.78, 5) is 11.4. The molecule has 4 nitrogen and oxygen atoms in total. The van der Waals surface area contributed by atoms with Gasteiger partial charge in [0.25, 0.3) is 0 Å². The number of hydrogen-bond acceptors (Lipinski definition) is 4. The second kappa shape index (κ2) is 7.45. The van der Waals surface area contributed by atoms with Crippen molar-refractivity contribution in [3.63, 3.8) is 0 Å². The van der Waals surface area contributed by atoms with Gasteiger partial charge in [-0.1, -0.05) is 15.9 Å². The van der Waals surface area contributed by atoms with Crippen molar-refractivity contribution < 1.29 is 18.7 Å². The van der Waals surface area contributed by atoms with Gasteiger partial charge >= 0.3 is 5.97 Å². The number of halogens is 1. The van der Waals surface area contributed by atoms with Gasteiger partial charge in [0, 0.05) is 22.9 Å². The van der Waals surface area contributed by atoms with Crippen LogP contribution in [0.25, 0.3) is 11.0 Å². The Kier molecular flexibility index (Phi) is 5.61. The van der Waals surface area contributed by atoms with Gasteiger partial charge in [-0.15, -0.1) is 0 Å². The van der Waals surface area contributed by atoms with Crippen molar-refractivity contribution in [2.45, 2.75) is 19.8 Å². The van der Waals surface area contributed by atoms with Gasteiger partial charge in [-0.2, -0.15) is 0 Å². The summed E-state index contributed by atoms with van der Waals surface area (Å²) in [5.41, 5.74) is 0.839. The third-order valence-electron chi connectivity index (χ3n) is 2.80. The minimum atomic E-state index is -0.239. The molecule has 0 aliphatic heterocycles. The number of fused-ring (bicyclic) bond motifs is 1. The highest BCUT2D eigenvalue weighted by Crippen LogP contribution is 2.23. The molecule has 0 fully saturated rings. The summed E-state index contributed by atoms with van der Waals surface area (Å²) >= 11 is 3.42. The van der Waals surface area contributed by atoms with Crippen molar-refractivity contribution in [3.05, 3.63) is 34.5 Å². The molecule has 0 spiro atoms. The summed E-state index contributed by atoms with van der Waals surface area (Å²) in [5, 5.41) is 1.04. The highest BCUT2D eigenvalue weighted by molar-refractivity contribution is 9.10. The normalized spacial score (nSPS) is 10.9. The largest absolute Gasteiger partial charge is 0.465 e. The van der Waals surface area contributed by atoms with E-state index in [0.29, 0.717) is 32.7 Å². The van der Waals surface area contributed by atoms with E-state index in [1.807, 2.05) is 31.2 Å². The van der Waals surface area contributed by atoms with Crippen molar-refractivity contribution in [1.29, 1.82) is 0 Å². The van der Waals surface area contributed by atoms with Gasteiger partial charge in [0.15, 0.2) is 0 Å². The Morgan fingerprint density at radius 1 is 1.30 bits per heavy atom. The Balaban J connectivity index is 1.79. The zero-order valence-corrected chi connectivity index (χ0v) is 12.9. The highest BCUT2D eigenvalue weighted by atomic mass is 79.9.